The Kier molecular flexibility index (Phi) is 2.44. The molecule has 82 valence electrons. The van der Waals surface area contributed by atoms with E-state index in [0.29, 0.717) is 17.5 Å². The topological polar surface area (TPSA) is 57.7 Å². The first kappa shape index (κ1) is 10.4. The minimum absolute atomic E-state index is 0.0180. The maximum absolute atomic E-state index is 11.8. The van der Waals surface area contributed by atoms with E-state index in [-0.39, 0.29) is 18.5 Å². The highest BCUT2D eigenvalue weighted by atomic mass is 16.2. The summed E-state index contributed by atoms with van der Waals surface area (Å²) in [6, 6.07) is 6.63. The van der Waals surface area contributed by atoms with Gasteiger partial charge in [0.1, 0.15) is 6.67 Å². The van der Waals surface area contributed by atoms with Crippen molar-refractivity contribution in [2.24, 2.45) is 0 Å². The molecule has 3 amide bonds. The Morgan fingerprint density at radius 3 is 2.12 bits per heavy atom. The molecule has 0 atom stereocenters. The maximum atomic E-state index is 11.8. The number of fused-ring (bicyclic) bond motifs is 1. The van der Waals surface area contributed by atoms with Crippen molar-refractivity contribution in [3.05, 3.63) is 35.4 Å². The van der Waals surface area contributed by atoms with E-state index in [2.05, 4.69) is 0 Å². The van der Waals surface area contributed by atoms with Gasteiger partial charge in [-0.1, -0.05) is 12.1 Å². The molecule has 1 aliphatic heterocycles. The van der Waals surface area contributed by atoms with Crippen LogP contribution >= 0.6 is 0 Å². The molecule has 5 nitrogen and oxygen atoms in total. The number of imide groups is 1. The molecule has 0 bridgehead atoms. The highest BCUT2D eigenvalue weighted by molar-refractivity contribution is 6.21. The van der Waals surface area contributed by atoms with Gasteiger partial charge < -0.3 is 4.90 Å². The predicted molar refractivity (Wildman–Crippen MR) is 55.6 cm³/mol. The molecule has 0 N–H and O–H groups in total. The van der Waals surface area contributed by atoms with E-state index in [1.807, 2.05) is 0 Å². The summed E-state index contributed by atoms with van der Waals surface area (Å²) in [5.74, 6) is -0.705. The maximum Gasteiger partial charge on any atom is 0.263 e. The third kappa shape index (κ3) is 1.46. The van der Waals surface area contributed by atoms with Crippen LogP contribution in [0.15, 0.2) is 24.3 Å². The molecular weight excluding hydrogens is 208 g/mol. The summed E-state index contributed by atoms with van der Waals surface area (Å²) in [6.45, 7) is -0.0180. The van der Waals surface area contributed by atoms with Crippen molar-refractivity contribution in [3.8, 4) is 0 Å². The van der Waals surface area contributed by atoms with Crippen molar-refractivity contribution in [2.45, 2.75) is 0 Å². The smallest absolute Gasteiger partial charge is 0.263 e. The number of benzene rings is 1. The van der Waals surface area contributed by atoms with E-state index in [4.69, 9.17) is 0 Å². The summed E-state index contributed by atoms with van der Waals surface area (Å²) in [6.07, 6.45) is 0.573. The molecule has 5 heteroatoms. The van der Waals surface area contributed by atoms with Crippen LogP contribution in [-0.2, 0) is 4.79 Å². The van der Waals surface area contributed by atoms with E-state index in [0.717, 1.165) is 4.90 Å². The lowest BCUT2D eigenvalue weighted by Gasteiger charge is -2.18. The van der Waals surface area contributed by atoms with Gasteiger partial charge >= 0.3 is 0 Å². The first-order chi connectivity index (χ1) is 7.65. The van der Waals surface area contributed by atoms with Crippen molar-refractivity contribution in [1.82, 2.24) is 9.80 Å². The Morgan fingerprint density at radius 2 is 1.69 bits per heavy atom. The third-order valence-corrected chi connectivity index (χ3v) is 2.42. The summed E-state index contributed by atoms with van der Waals surface area (Å²) in [7, 11) is 1.51. The fourth-order valence-electron chi connectivity index (χ4n) is 1.62. The van der Waals surface area contributed by atoms with Crippen LogP contribution < -0.4 is 0 Å². The standard InChI is InChI=1S/C11H10N2O3/c1-12(7-14)6-13-10(15)8-4-2-3-5-9(8)11(13)16/h2-5,7H,6H2,1H3. The summed E-state index contributed by atoms with van der Waals surface area (Å²) < 4.78 is 0. The van der Waals surface area contributed by atoms with Crippen molar-refractivity contribution >= 4 is 18.2 Å². The average Bonchev–Trinajstić information content (AvgIpc) is 2.55. The van der Waals surface area contributed by atoms with Crippen LogP contribution in [0.1, 0.15) is 20.7 Å². The SMILES string of the molecule is CN(C=O)CN1C(=O)c2ccccc2C1=O. The fourth-order valence-corrected chi connectivity index (χ4v) is 1.62. The van der Waals surface area contributed by atoms with Gasteiger partial charge in [0, 0.05) is 7.05 Å². The zero-order chi connectivity index (χ0) is 11.7. The molecule has 0 fully saturated rings. The molecule has 1 aromatic carbocycles. The molecule has 1 heterocycles. The molecule has 0 aromatic heterocycles. The van der Waals surface area contributed by atoms with E-state index >= 15 is 0 Å². The zero-order valence-electron chi connectivity index (χ0n) is 8.71. The Balaban J connectivity index is 2.31. The van der Waals surface area contributed by atoms with Crippen LogP contribution in [0.25, 0.3) is 0 Å². The fraction of sp³-hybridized carbons (Fsp3) is 0.182. The van der Waals surface area contributed by atoms with E-state index < -0.39 is 0 Å². The van der Waals surface area contributed by atoms with Gasteiger partial charge in [-0.2, -0.15) is 0 Å². The van der Waals surface area contributed by atoms with Gasteiger partial charge in [0.05, 0.1) is 11.1 Å². The molecular formula is C11H10N2O3. The van der Waals surface area contributed by atoms with Gasteiger partial charge in [0.15, 0.2) is 0 Å². The van der Waals surface area contributed by atoms with Crippen LogP contribution in [0.5, 0.6) is 0 Å². The largest absolute Gasteiger partial charge is 0.330 e. The molecule has 0 spiro atoms. The van der Waals surface area contributed by atoms with Crippen LogP contribution in [0, 0.1) is 0 Å². The van der Waals surface area contributed by atoms with Crippen LogP contribution in [0.4, 0.5) is 0 Å². The molecule has 1 aliphatic rings. The second kappa shape index (κ2) is 3.77. The molecule has 0 saturated heterocycles. The molecule has 2 rings (SSSR count). The molecule has 0 radical (unpaired) electrons. The second-order valence-electron chi connectivity index (χ2n) is 3.59. The van der Waals surface area contributed by atoms with Crippen LogP contribution in [0.3, 0.4) is 0 Å². The van der Waals surface area contributed by atoms with Crippen LogP contribution in [0.2, 0.25) is 0 Å². The summed E-state index contributed by atoms with van der Waals surface area (Å²) in [4.78, 5) is 36.4. The van der Waals surface area contributed by atoms with Gasteiger partial charge in [0.25, 0.3) is 11.8 Å². The number of carbonyl (C=O) groups is 3. The minimum Gasteiger partial charge on any atom is -0.330 e. The summed E-state index contributed by atoms with van der Waals surface area (Å²) in [5.41, 5.74) is 0.790. The van der Waals surface area contributed by atoms with Gasteiger partial charge in [-0.05, 0) is 12.1 Å². The van der Waals surface area contributed by atoms with Crippen molar-refractivity contribution in [1.29, 1.82) is 0 Å². The van der Waals surface area contributed by atoms with Crippen molar-refractivity contribution < 1.29 is 14.4 Å². The number of hydrogen-bond acceptors (Lipinski definition) is 3. The highest BCUT2D eigenvalue weighted by Gasteiger charge is 2.35. The quantitative estimate of drug-likeness (QED) is 0.542. The normalized spacial score (nSPS) is 13.9. The zero-order valence-corrected chi connectivity index (χ0v) is 8.71. The number of amides is 3. The lowest BCUT2D eigenvalue weighted by Crippen LogP contribution is -2.38. The molecule has 16 heavy (non-hydrogen) atoms. The van der Waals surface area contributed by atoms with Gasteiger partial charge in [-0.3, -0.25) is 19.3 Å². The number of carbonyl (C=O) groups excluding carboxylic acids is 3. The predicted octanol–water partition coefficient (Wildman–Crippen LogP) is 0.328. The second-order valence-corrected chi connectivity index (χ2v) is 3.59. The first-order valence-corrected chi connectivity index (χ1v) is 4.76. The number of rotatable bonds is 3. The lowest BCUT2D eigenvalue weighted by atomic mass is 10.1. The Bertz CT molecular complexity index is 435. The Hall–Kier alpha value is -2.17. The Labute approximate surface area is 92.3 Å². The average molecular weight is 218 g/mol. The molecule has 0 saturated carbocycles. The molecule has 0 aliphatic carbocycles. The van der Waals surface area contributed by atoms with Crippen molar-refractivity contribution in [3.63, 3.8) is 0 Å². The summed E-state index contributed by atoms with van der Waals surface area (Å²) >= 11 is 0. The van der Waals surface area contributed by atoms with Crippen LogP contribution in [-0.4, -0.2) is 41.7 Å². The summed E-state index contributed by atoms with van der Waals surface area (Å²) in [5, 5.41) is 0. The first-order valence-electron chi connectivity index (χ1n) is 4.76. The molecule has 0 unspecified atom stereocenters. The third-order valence-electron chi connectivity index (χ3n) is 2.42. The number of hydrogen-bond donors (Lipinski definition) is 0. The van der Waals surface area contributed by atoms with E-state index in [1.54, 1.807) is 24.3 Å². The van der Waals surface area contributed by atoms with Crippen molar-refractivity contribution in [2.75, 3.05) is 13.7 Å². The van der Waals surface area contributed by atoms with E-state index in [9.17, 15) is 14.4 Å². The van der Waals surface area contributed by atoms with Gasteiger partial charge in [-0.25, -0.2) is 0 Å². The lowest BCUT2D eigenvalue weighted by molar-refractivity contribution is -0.117. The Morgan fingerprint density at radius 1 is 1.19 bits per heavy atom. The van der Waals surface area contributed by atoms with Gasteiger partial charge in [0.2, 0.25) is 6.41 Å². The van der Waals surface area contributed by atoms with E-state index in [1.165, 1.54) is 11.9 Å². The minimum atomic E-state index is -0.352. The highest BCUT2D eigenvalue weighted by Crippen LogP contribution is 2.21. The monoisotopic (exact) mass is 218 g/mol. The number of nitrogens with zero attached hydrogens (tertiary/aromatic N) is 2. The van der Waals surface area contributed by atoms with Gasteiger partial charge in [-0.15, -0.1) is 0 Å². The molecule has 1 aromatic rings.